The van der Waals surface area contributed by atoms with Crippen LogP contribution in [-0.4, -0.2) is 26.6 Å². The fourth-order valence-corrected chi connectivity index (χ4v) is 3.95. The van der Waals surface area contributed by atoms with Crippen molar-refractivity contribution in [1.82, 2.24) is 25.6 Å². The maximum Gasteiger partial charge on any atom is 0.286 e. The maximum absolute atomic E-state index is 12.4. The van der Waals surface area contributed by atoms with Gasteiger partial charge in [-0.1, -0.05) is 23.7 Å². The van der Waals surface area contributed by atoms with Crippen LogP contribution < -0.4 is 10.9 Å². The SMILES string of the molecule is Cc1nn(-c2ccccc2Cl)c2sc(C(=O)NNC(=O)c3ccc[nH]3)cc12. The first-order valence-corrected chi connectivity index (χ1v) is 9.22. The summed E-state index contributed by atoms with van der Waals surface area (Å²) in [6.07, 6.45) is 1.63. The zero-order valence-corrected chi connectivity index (χ0v) is 15.7. The number of nitrogens with zero attached hydrogens (tertiary/aromatic N) is 2. The zero-order valence-electron chi connectivity index (χ0n) is 14.1. The monoisotopic (exact) mass is 399 g/mol. The molecule has 0 aliphatic carbocycles. The number of amides is 2. The van der Waals surface area contributed by atoms with Gasteiger partial charge in [0.1, 0.15) is 10.5 Å². The van der Waals surface area contributed by atoms with E-state index in [1.54, 1.807) is 35.1 Å². The number of rotatable bonds is 3. The van der Waals surface area contributed by atoms with E-state index >= 15 is 0 Å². The van der Waals surface area contributed by atoms with Crippen molar-refractivity contribution in [3.05, 3.63) is 69.9 Å². The van der Waals surface area contributed by atoms with Crippen LogP contribution >= 0.6 is 22.9 Å². The number of fused-ring (bicyclic) bond motifs is 1. The Morgan fingerprint density at radius 2 is 1.93 bits per heavy atom. The van der Waals surface area contributed by atoms with Gasteiger partial charge in [0.05, 0.1) is 21.3 Å². The topological polar surface area (TPSA) is 91.8 Å². The number of benzene rings is 1. The van der Waals surface area contributed by atoms with Gasteiger partial charge in [-0.2, -0.15) is 5.10 Å². The molecule has 3 aromatic heterocycles. The van der Waals surface area contributed by atoms with Gasteiger partial charge in [0.25, 0.3) is 11.8 Å². The highest BCUT2D eigenvalue weighted by molar-refractivity contribution is 7.20. The number of para-hydroxylation sites is 1. The van der Waals surface area contributed by atoms with Crippen LogP contribution in [-0.2, 0) is 0 Å². The molecule has 0 spiro atoms. The standard InChI is InChI=1S/C18H14ClN5O2S/c1-10-11-9-15(17(26)22-21-16(25)13-6-4-8-20-13)27-18(11)24(23-10)14-7-3-2-5-12(14)19/h2-9,20H,1H3,(H,21,25)(H,22,26). The molecule has 2 amide bonds. The third-order valence-electron chi connectivity index (χ3n) is 3.98. The minimum atomic E-state index is -0.423. The Kier molecular flexibility index (Phi) is 4.43. The van der Waals surface area contributed by atoms with E-state index in [1.807, 2.05) is 25.1 Å². The van der Waals surface area contributed by atoms with Crippen molar-refractivity contribution in [3.8, 4) is 5.69 Å². The highest BCUT2D eigenvalue weighted by Crippen LogP contribution is 2.32. The molecular weight excluding hydrogens is 386 g/mol. The number of aryl methyl sites for hydroxylation is 1. The van der Waals surface area contributed by atoms with Crippen LogP contribution in [0.3, 0.4) is 0 Å². The van der Waals surface area contributed by atoms with Crippen molar-refractivity contribution in [1.29, 1.82) is 0 Å². The van der Waals surface area contributed by atoms with Gasteiger partial charge in [0, 0.05) is 11.6 Å². The lowest BCUT2D eigenvalue weighted by Gasteiger charge is -2.05. The number of aromatic amines is 1. The summed E-state index contributed by atoms with van der Waals surface area (Å²) < 4.78 is 1.73. The minimum Gasteiger partial charge on any atom is -0.357 e. The first-order chi connectivity index (χ1) is 13.0. The first kappa shape index (κ1) is 17.3. The summed E-state index contributed by atoms with van der Waals surface area (Å²) in [5, 5.41) is 5.96. The number of nitrogens with one attached hydrogen (secondary N) is 3. The van der Waals surface area contributed by atoms with Gasteiger partial charge in [-0.3, -0.25) is 20.4 Å². The summed E-state index contributed by atoms with van der Waals surface area (Å²) in [7, 11) is 0. The van der Waals surface area contributed by atoms with Gasteiger partial charge in [-0.15, -0.1) is 11.3 Å². The molecule has 136 valence electrons. The third-order valence-corrected chi connectivity index (χ3v) is 5.41. The summed E-state index contributed by atoms with van der Waals surface area (Å²) in [6, 6.07) is 12.4. The number of thiophene rings is 1. The minimum absolute atomic E-state index is 0.358. The van der Waals surface area contributed by atoms with Gasteiger partial charge < -0.3 is 4.98 Å². The Hall–Kier alpha value is -3.10. The quantitative estimate of drug-likeness (QED) is 0.461. The van der Waals surface area contributed by atoms with E-state index in [1.165, 1.54) is 11.3 Å². The Morgan fingerprint density at radius 1 is 1.15 bits per heavy atom. The lowest BCUT2D eigenvalue weighted by Crippen LogP contribution is -2.41. The summed E-state index contributed by atoms with van der Waals surface area (Å²) in [5.41, 5.74) is 6.69. The van der Waals surface area contributed by atoms with Crippen molar-refractivity contribution < 1.29 is 9.59 Å². The van der Waals surface area contributed by atoms with Crippen molar-refractivity contribution in [2.24, 2.45) is 0 Å². The molecule has 3 heterocycles. The smallest absolute Gasteiger partial charge is 0.286 e. The molecule has 3 N–H and O–H groups in total. The largest absolute Gasteiger partial charge is 0.357 e. The lowest BCUT2D eigenvalue weighted by molar-refractivity contribution is 0.0846. The highest BCUT2D eigenvalue weighted by Gasteiger charge is 2.18. The first-order valence-electron chi connectivity index (χ1n) is 8.03. The second-order valence-corrected chi connectivity index (χ2v) is 7.21. The van der Waals surface area contributed by atoms with Gasteiger partial charge >= 0.3 is 0 Å². The van der Waals surface area contributed by atoms with E-state index in [-0.39, 0.29) is 0 Å². The lowest BCUT2D eigenvalue weighted by atomic mass is 10.3. The number of hydrazine groups is 1. The predicted molar refractivity (Wildman–Crippen MR) is 104 cm³/mol. The Bertz CT molecular complexity index is 1150. The Morgan fingerprint density at radius 3 is 2.67 bits per heavy atom. The molecule has 9 heteroatoms. The number of carbonyl (C=O) groups is 2. The fourth-order valence-electron chi connectivity index (χ4n) is 2.66. The summed E-state index contributed by atoms with van der Waals surface area (Å²) in [5.74, 6) is -0.825. The van der Waals surface area contributed by atoms with Crippen LogP contribution in [0.15, 0.2) is 48.7 Å². The maximum atomic E-state index is 12.4. The molecule has 0 bridgehead atoms. The fraction of sp³-hybridized carbons (Fsp3) is 0.0556. The van der Waals surface area contributed by atoms with Crippen LogP contribution in [0.5, 0.6) is 0 Å². The molecule has 0 saturated heterocycles. The van der Waals surface area contributed by atoms with Crippen LogP contribution in [0.2, 0.25) is 5.02 Å². The van der Waals surface area contributed by atoms with Crippen LogP contribution in [0.4, 0.5) is 0 Å². The number of carbonyl (C=O) groups excluding carboxylic acids is 2. The van der Waals surface area contributed by atoms with Crippen LogP contribution in [0, 0.1) is 6.92 Å². The molecule has 1 aromatic carbocycles. The van der Waals surface area contributed by atoms with Crippen LogP contribution in [0.25, 0.3) is 15.9 Å². The second-order valence-electron chi connectivity index (χ2n) is 5.77. The molecule has 0 fully saturated rings. The molecule has 27 heavy (non-hydrogen) atoms. The highest BCUT2D eigenvalue weighted by atomic mass is 35.5. The van der Waals surface area contributed by atoms with Gasteiger partial charge in [0.15, 0.2) is 0 Å². The van der Waals surface area contributed by atoms with E-state index < -0.39 is 11.8 Å². The Balaban J connectivity index is 1.60. The molecule has 0 saturated carbocycles. The second kappa shape index (κ2) is 6.90. The van der Waals surface area contributed by atoms with Crippen molar-refractivity contribution >= 4 is 45.0 Å². The van der Waals surface area contributed by atoms with E-state index in [9.17, 15) is 9.59 Å². The molecule has 0 atom stereocenters. The molecule has 4 aromatic rings. The molecule has 0 aliphatic heterocycles. The van der Waals surface area contributed by atoms with Crippen molar-refractivity contribution in [3.63, 3.8) is 0 Å². The average Bonchev–Trinajstić information content (AvgIpc) is 3.38. The van der Waals surface area contributed by atoms with Crippen molar-refractivity contribution in [2.75, 3.05) is 0 Å². The molecule has 4 rings (SSSR count). The molecule has 7 nitrogen and oxygen atoms in total. The van der Waals surface area contributed by atoms with E-state index in [2.05, 4.69) is 20.9 Å². The predicted octanol–water partition coefficient (Wildman–Crippen LogP) is 3.45. The van der Waals surface area contributed by atoms with E-state index in [4.69, 9.17) is 11.6 Å². The normalized spacial score (nSPS) is 10.9. The number of H-pyrrole nitrogens is 1. The summed E-state index contributed by atoms with van der Waals surface area (Å²) in [6.45, 7) is 1.87. The number of hydrogen-bond donors (Lipinski definition) is 3. The molecular formula is C18H14ClN5O2S. The summed E-state index contributed by atoms with van der Waals surface area (Å²) in [4.78, 5) is 28.4. The summed E-state index contributed by atoms with van der Waals surface area (Å²) >= 11 is 7.56. The average molecular weight is 400 g/mol. The Labute approximate surface area is 162 Å². The molecule has 0 radical (unpaired) electrons. The number of hydrogen-bond acceptors (Lipinski definition) is 4. The van der Waals surface area contributed by atoms with Gasteiger partial charge in [-0.25, -0.2) is 4.68 Å². The van der Waals surface area contributed by atoms with E-state index in [0.717, 1.165) is 21.6 Å². The number of aromatic nitrogens is 3. The van der Waals surface area contributed by atoms with Crippen LogP contribution in [0.1, 0.15) is 25.9 Å². The van der Waals surface area contributed by atoms with Crippen molar-refractivity contribution in [2.45, 2.75) is 6.92 Å². The molecule has 0 aliphatic rings. The van der Waals surface area contributed by atoms with E-state index in [0.29, 0.717) is 15.6 Å². The van der Waals surface area contributed by atoms with Gasteiger partial charge in [-0.05, 0) is 37.3 Å². The van der Waals surface area contributed by atoms with Gasteiger partial charge in [0.2, 0.25) is 0 Å². The molecule has 0 unspecified atom stereocenters. The third kappa shape index (κ3) is 3.20. The number of halogens is 1. The zero-order chi connectivity index (χ0) is 19.0.